The molecular formula is C14H26N2OS. The van der Waals surface area contributed by atoms with Gasteiger partial charge in [-0.15, -0.1) is 0 Å². The molecule has 2 heterocycles. The molecule has 0 radical (unpaired) electrons. The maximum atomic E-state index is 12.4. The first-order valence-electron chi connectivity index (χ1n) is 7.19. The van der Waals surface area contributed by atoms with Crippen molar-refractivity contribution >= 4 is 17.7 Å². The Bertz CT molecular complexity index is 300. The first-order chi connectivity index (χ1) is 8.50. The summed E-state index contributed by atoms with van der Waals surface area (Å²) in [6.07, 6.45) is 4.69. The largest absolute Gasteiger partial charge is 0.340 e. The monoisotopic (exact) mass is 270 g/mol. The minimum Gasteiger partial charge on any atom is -0.340 e. The number of hydrogen-bond acceptors (Lipinski definition) is 3. The van der Waals surface area contributed by atoms with Crippen LogP contribution in [0.25, 0.3) is 0 Å². The van der Waals surface area contributed by atoms with Crippen LogP contribution >= 0.6 is 11.8 Å². The molecule has 0 spiro atoms. The van der Waals surface area contributed by atoms with Crippen molar-refractivity contribution in [3.8, 4) is 0 Å². The molecule has 3 nitrogen and oxygen atoms in total. The van der Waals surface area contributed by atoms with E-state index in [0.717, 1.165) is 25.9 Å². The molecule has 0 aliphatic carbocycles. The number of carbonyl (C=O) groups is 1. The number of hydrogen-bond donors (Lipinski definition) is 1. The van der Waals surface area contributed by atoms with Gasteiger partial charge in [-0.25, -0.2) is 0 Å². The Morgan fingerprint density at radius 1 is 1.50 bits per heavy atom. The number of nitrogens with one attached hydrogen (secondary N) is 1. The smallest absolute Gasteiger partial charge is 0.239 e. The summed E-state index contributed by atoms with van der Waals surface area (Å²) < 4.78 is 0.301. The van der Waals surface area contributed by atoms with Gasteiger partial charge in [0.1, 0.15) is 0 Å². The molecule has 4 heteroatoms. The van der Waals surface area contributed by atoms with Gasteiger partial charge in [0, 0.05) is 23.9 Å². The number of thioether (sulfide) groups is 1. The highest BCUT2D eigenvalue weighted by atomic mass is 32.2. The number of rotatable bonds is 4. The van der Waals surface area contributed by atoms with Crippen LogP contribution in [0.5, 0.6) is 0 Å². The molecule has 2 atom stereocenters. The molecule has 2 aliphatic rings. The SMILES string of the molecule is CC(C)NC1CCCN(CC2(C)CCCS2)C1=O. The minimum absolute atomic E-state index is 0.0498. The van der Waals surface area contributed by atoms with Gasteiger partial charge in [0.25, 0.3) is 0 Å². The van der Waals surface area contributed by atoms with Gasteiger partial charge in [-0.05, 0) is 38.4 Å². The van der Waals surface area contributed by atoms with Crippen LogP contribution in [0.2, 0.25) is 0 Å². The van der Waals surface area contributed by atoms with Crippen LogP contribution in [0.4, 0.5) is 0 Å². The molecule has 2 rings (SSSR count). The maximum absolute atomic E-state index is 12.4. The van der Waals surface area contributed by atoms with Crippen LogP contribution in [0.15, 0.2) is 0 Å². The number of likely N-dealkylation sites (tertiary alicyclic amines) is 1. The van der Waals surface area contributed by atoms with E-state index in [1.54, 1.807) is 0 Å². The first kappa shape index (κ1) is 14.2. The minimum atomic E-state index is 0.0498. The fourth-order valence-corrected chi connectivity index (χ4v) is 4.34. The molecule has 1 N–H and O–H groups in total. The summed E-state index contributed by atoms with van der Waals surface area (Å²) in [5.41, 5.74) is 0. The molecule has 18 heavy (non-hydrogen) atoms. The van der Waals surface area contributed by atoms with Crippen molar-refractivity contribution < 1.29 is 4.79 Å². The van der Waals surface area contributed by atoms with Crippen LogP contribution in [-0.2, 0) is 4.79 Å². The summed E-state index contributed by atoms with van der Waals surface area (Å²) in [5, 5.41) is 3.40. The van der Waals surface area contributed by atoms with Gasteiger partial charge in [-0.3, -0.25) is 4.79 Å². The molecule has 104 valence electrons. The van der Waals surface area contributed by atoms with Crippen molar-refractivity contribution in [2.75, 3.05) is 18.8 Å². The lowest BCUT2D eigenvalue weighted by molar-refractivity contribution is -0.136. The van der Waals surface area contributed by atoms with E-state index in [0.29, 0.717) is 16.7 Å². The Kier molecular flexibility index (Phi) is 4.59. The second kappa shape index (κ2) is 5.83. The van der Waals surface area contributed by atoms with E-state index >= 15 is 0 Å². The number of nitrogens with zero attached hydrogens (tertiary/aromatic N) is 1. The van der Waals surface area contributed by atoms with E-state index in [4.69, 9.17) is 0 Å². The number of amides is 1. The molecule has 0 aromatic rings. The van der Waals surface area contributed by atoms with Crippen LogP contribution < -0.4 is 5.32 Å². The van der Waals surface area contributed by atoms with Crippen molar-refractivity contribution in [1.29, 1.82) is 0 Å². The first-order valence-corrected chi connectivity index (χ1v) is 8.17. The molecule has 2 saturated heterocycles. The third-order valence-electron chi connectivity index (χ3n) is 3.89. The van der Waals surface area contributed by atoms with E-state index in [-0.39, 0.29) is 6.04 Å². The third kappa shape index (κ3) is 3.41. The molecule has 2 aliphatic heterocycles. The highest BCUT2D eigenvalue weighted by Gasteiger charge is 2.36. The lowest BCUT2D eigenvalue weighted by Gasteiger charge is -2.38. The maximum Gasteiger partial charge on any atom is 0.239 e. The molecule has 0 aromatic carbocycles. The quantitative estimate of drug-likeness (QED) is 0.850. The molecule has 0 aromatic heterocycles. The van der Waals surface area contributed by atoms with E-state index in [1.807, 2.05) is 11.8 Å². The van der Waals surface area contributed by atoms with Crippen molar-refractivity contribution in [1.82, 2.24) is 10.2 Å². The van der Waals surface area contributed by atoms with Crippen LogP contribution in [0.3, 0.4) is 0 Å². The Hall–Kier alpha value is -0.220. The normalized spacial score (nSPS) is 33.4. The summed E-state index contributed by atoms with van der Waals surface area (Å²) in [5.74, 6) is 1.58. The lowest BCUT2D eigenvalue weighted by Crippen LogP contribution is -2.54. The van der Waals surface area contributed by atoms with E-state index < -0.39 is 0 Å². The molecule has 0 saturated carbocycles. The Morgan fingerprint density at radius 2 is 2.28 bits per heavy atom. The standard InChI is InChI=1S/C14H26N2OS/c1-11(2)15-12-6-4-8-16(13(12)17)10-14(3)7-5-9-18-14/h11-12,15H,4-10H2,1-3H3. The predicted octanol–water partition coefficient (Wildman–Crippen LogP) is 2.26. The zero-order chi connectivity index (χ0) is 13.2. The van der Waals surface area contributed by atoms with Crippen LogP contribution in [-0.4, -0.2) is 46.5 Å². The van der Waals surface area contributed by atoms with Gasteiger partial charge in [-0.2, -0.15) is 11.8 Å². The van der Waals surface area contributed by atoms with Gasteiger partial charge in [0.2, 0.25) is 5.91 Å². The van der Waals surface area contributed by atoms with Gasteiger partial charge >= 0.3 is 0 Å². The van der Waals surface area contributed by atoms with Gasteiger partial charge in [0.05, 0.1) is 6.04 Å². The molecule has 1 amide bonds. The Morgan fingerprint density at radius 3 is 2.89 bits per heavy atom. The Balaban J connectivity index is 1.93. The summed E-state index contributed by atoms with van der Waals surface area (Å²) in [6.45, 7) is 8.43. The average Bonchev–Trinajstić information content (AvgIpc) is 2.70. The second-order valence-electron chi connectivity index (χ2n) is 6.18. The number of carbonyl (C=O) groups excluding carboxylic acids is 1. The molecule has 2 fully saturated rings. The van der Waals surface area contributed by atoms with E-state index in [1.165, 1.54) is 18.6 Å². The third-order valence-corrected chi connectivity index (χ3v) is 5.41. The van der Waals surface area contributed by atoms with E-state index in [9.17, 15) is 4.79 Å². The van der Waals surface area contributed by atoms with Crippen molar-refractivity contribution in [2.45, 2.75) is 63.3 Å². The van der Waals surface area contributed by atoms with Crippen LogP contribution in [0, 0.1) is 0 Å². The lowest BCUT2D eigenvalue weighted by atomic mass is 10.00. The van der Waals surface area contributed by atoms with Crippen molar-refractivity contribution in [2.24, 2.45) is 0 Å². The summed E-state index contributed by atoms with van der Waals surface area (Å²) in [7, 11) is 0. The predicted molar refractivity (Wildman–Crippen MR) is 78.0 cm³/mol. The second-order valence-corrected chi connectivity index (χ2v) is 7.86. The molecule has 0 bridgehead atoms. The van der Waals surface area contributed by atoms with Crippen LogP contribution in [0.1, 0.15) is 46.5 Å². The highest BCUT2D eigenvalue weighted by Crippen LogP contribution is 2.38. The summed E-state index contributed by atoms with van der Waals surface area (Å²) in [4.78, 5) is 14.5. The Labute approximate surface area is 115 Å². The number of piperidine rings is 1. The van der Waals surface area contributed by atoms with Gasteiger partial charge < -0.3 is 10.2 Å². The molecular weight excluding hydrogens is 244 g/mol. The fourth-order valence-electron chi connectivity index (χ4n) is 3.02. The zero-order valence-electron chi connectivity index (χ0n) is 11.9. The van der Waals surface area contributed by atoms with Crippen molar-refractivity contribution in [3.63, 3.8) is 0 Å². The van der Waals surface area contributed by atoms with E-state index in [2.05, 4.69) is 31.0 Å². The molecule has 2 unspecified atom stereocenters. The highest BCUT2D eigenvalue weighted by molar-refractivity contribution is 8.00. The summed E-state index contributed by atoms with van der Waals surface area (Å²) >= 11 is 2.04. The summed E-state index contributed by atoms with van der Waals surface area (Å²) in [6, 6.07) is 0.434. The topological polar surface area (TPSA) is 32.3 Å². The fraction of sp³-hybridized carbons (Fsp3) is 0.929. The zero-order valence-corrected chi connectivity index (χ0v) is 12.7. The van der Waals surface area contributed by atoms with Gasteiger partial charge in [0.15, 0.2) is 0 Å². The average molecular weight is 270 g/mol. The van der Waals surface area contributed by atoms with Gasteiger partial charge in [-0.1, -0.05) is 13.8 Å². The van der Waals surface area contributed by atoms with Crippen molar-refractivity contribution in [3.05, 3.63) is 0 Å².